The van der Waals surface area contributed by atoms with Crippen molar-refractivity contribution < 1.29 is 17.9 Å². The molecule has 0 saturated carbocycles. The van der Waals surface area contributed by atoms with Crippen molar-refractivity contribution in [2.75, 3.05) is 5.73 Å². The molecule has 8 heteroatoms. The molecule has 0 aliphatic rings. The lowest BCUT2D eigenvalue weighted by atomic mass is 10.2. The van der Waals surface area contributed by atoms with E-state index in [1.807, 2.05) is 12.1 Å². The molecule has 23 heavy (non-hydrogen) atoms. The van der Waals surface area contributed by atoms with Crippen LogP contribution in [0.15, 0.2) is 46.8 Å². The van der Waals surface area contributed by atoms with Crippen LogP contribution < -0.4 is 10.5 Å². The summed E-state index contributed by atoms with van der Waals surface area (Å²) in [5.41, 5.74) is 8.21. The molecule has 0 bridgehead atoms. The molecule has 0 atom stereocenters. The van der Waals surface area contributed by atoms with Gasteiger partial charge in [-0.3, -0.25) is 0 Å². The number of thioether (sulfide) groups is 1. The van der Waals surface area contributed by atoms with Gasteiger partial charge >= 0.3 is 6.36 Å². The zero-order valence-corrected chi connectivity index (χ0v) is 13.3. The van der Waals surface area contributed by atoms with E-state index in [4.69, 9.17) is 5.73 Å². The van der Waals surface area contributed by atoms with E-state index in [0.29, 0.717) is 11.4 Å². The standard InChI is InChI=1S/C15H11F3N2OS2/c16-15(17,18)21-11-4-1-9(2-5-11)8-22-14-20-12-6-3-10(19)7-13(12)23-14/h1-7H,8,19H2. The van der Waals surface area contributed by atoms with Crippen LogP contribution in [0.1, 0.15) is 5.56 Å². The first-order valence-corrected chi connectivity index (χ1v) is 8.33. The highest BCUT2D eigenvalue weighted by Crippen LogP contribution is 2.33. The molecule has 2 aromatic carbocycles. The Balaban J connectivity index is 1.65. The number of alkyl halides is 3. The smallest absolute Gasteiger partial charge is 0.406 e. The zero-order chi connectivity index (χ0) is 16.4. The number of nitrogens with zero attached hydrogens (tertiary/aromatic N) is 1. The number of nitrogens with two attached hydrogens (primary N) is 1. The van der Waals surface area contributed by atoms with Crippen LogP contribution in [0.5, 0.6) is 5.75 Å². The highest BCUT2D eigenvalue weighted by Gasteiger charge is 2.30. The number of aromatic nitrogens is 1. The molecule has 1 heterocycles. The third-order valence-corrected chi connectivity index (χ3v) is 5.14. The van der Waals surface area contributed by atoms with Crippen molar-refractivity contribution in [3.63, 3.8) is 0 Å². The Labute approximate surface area is 138 Å². The quantitative estimate of drug-likeness (QED) is 0.524. The fourth-order valence-electron chi connectivity index (χ4n) is 1.91. The molecule has 0 aliphatic carbocycles. The molecule has 120 valence electrons. The van der Waals surface area contributed by atoms with Crippen molar-refractivity contribution in [3.05, 3.63) is 48.0 Å². The average molecular weight is 356 g/mol. The van der Waals surface area contributed by atoms with E-state index < -0.39 is 6.36 Å². The summed E-state index contributed by atoms with van der Waals surface area (Å²) in [6, 6.07) is 11.4. The summed E-state index contributed by atoms with van der Waals surface area (Å²) in [4.78, 5) is 4.49. The van der Waals surface area contributed by atoms with E-state index in [1.54, 1.807) is 29.5 Å². The number of ether oxygens (including phenoxy) is 1. The molecule has 2 N–H and O–H groups in total. The number of fused-ring (bicyclic) bond motifs is 1. The lowest BCUT2D eigenvalue weighted by Gasteiger charge is -2.08. The number of anilines is 1. The maximum absolute atomic E-state index is 12.1. The summed E-state index contributed by atoms with van der Waals surface area (Å²) in [6.45, 7) is 0. The van der Waals surface area contributed by atoms with Gasteiger partial charge < -0.3 is 10.5 Å². The lowest BCUT2D eigenvalue weighted by Crippen LogP contribution is -2.16. The van der Waals surface area contributed by atoms with Crippen LogP contribution in [0.2, 0.25) is 0 Å². The van der Waals surface area contributed by atoms with E-state index in [9.17, 15) is 13.2 Å². The summed E-state index contributed by atoms with van der Waals surface area (Å²) in [5.74, 6) is 0.392. The minimum absolute atomic E-state index is 0.221. The molecule has 3 aromatic rings. The first-order valence-electron chi connectivity index (χ1n) is 6.53. The van der Waals surface area contributed by atoms with Crippen molar-refractivity contribution in [2.45, 2.75) is 16.5 Å². The molecule has 0 spiro atoms. The third kappa shape index (κ3) is 4.29. The number of rotatable bonds is 4. The predicted molar refractivity (Wildman–Crippen MR) is 86.7 cm³/mol. The number of hydrogen-bond donors (Lipinski definition) is 1. The van der Waals surface area contributed by atoms with Crippen LogP contribution in [0.25, 0.3) is 10.2 Å². The second-order valence-electron chi connectivity index (χ2n) is 4.69. The normalized spacial score (nSPS) is 11.8. The first kappa shape index (κ1) is 15.9. The van der Waals surface area contributed by atoms with Crippen molar-refractivity contribution in [3.8, 4) is 5.75 Å². The van der Waals surface area contributed by atoms with Crippen molar-refractivity contribution in [2.24, 2.45) is 0 Å². The maximum Gasteiger partial charge on any atom is 0.573 e. The second-order valence-corrected chi connectivity index (χ2v) is 6.94. The van der Waals surface area contributed by atoms with Gasteiger partial charge in [-0.25, -0.2) is 4.98 Å². The summed E-state index contributed by atoms with van der Waals surface area (Å²) in [6.07, 6.45) is -4.67. The molecule has 3 rings (SSSR count). The van der Waals surface area contributed by atoms with Gasteiger partial charge in [0.25, 0.3) is 0 Å². The highest BCUT2D eigenvalue weighted by atomic mass is 32.2. The van der Waals surface area contributed by atoms with Crippen LogP contribution in [0, 0.1) is 0 Å². The fourth-order valence-corrected chi connectivity index (χ4v) is 3.99. The maximum atomic E-state index is 12.1. The Kier molecular flexibility index (Phi) is 4.36. The van der Waals surface area contributed by atoms with Crippen LogP contribution >= 0.6 is 23.1 Å². The van der Waals surface area contributed by atoms with E-state index in [1.165, 1.54) is 23.9 Å². The molecular weight excluding hydrogens is 345 g/mol. The van der Waals surface area contributed by atoms with E-state index >= 15 is 0 Å². The molecule has 0 fully saturated rings. The second kappa shape index (κ2) is 6.29. The largest absolute Gasteiger partial charge is 0.573 e. The van der Waals surface area contributed by atoms with Gasteiger partial charge in [0, 0.05) is 11.4 Å². The summed E-state index contributed by atoms with van der Waals surface area (Å²) in [5, 5.41) is 0. The minimum atomic E-state index is -4.67. The topological polar surface area (TPSA) is 48.1 Å². The number of thiazole rings is 1. The number of nitrogen functional groups attached to an aromatic ring is 1. The molecule has 1 aromatic heterocycles. The third-order valence-electron chi connectivity index (χ3n) is 2.91. The van der Waals surface area contributed by atoms with Crippen LogP contribution in [-0.2, 0) is 5.75 Å². The molecule has 0 radical (unpaired) electrons. The van der Waals surface area contributed by atoms with Crippen molar-refractivity contribution >= 4 is 39.0 Å². The Morgan fingerprint density at radius 3 is 2.57 bits per heavy atom. The molecular formula is C15H11F3N2OS2. The molecule has 0 aliphatic heterocycles. The van der Waals surface area contributed by atoms with E-state index in [0.717, 1.165) is 20.1 Å². The van der Waals surface area contributed by atoms with Gasteiger partial charge in [0.05, 0.1) is 10.2 Å². The van der Waals surface area contributed by atoms with Crippen LogP contribution in [0.4, 0.5) is 18.9 Å². The Bertz CT molecular complexity index is 816. The van der Waals surface area contributed by atoms with E-state index in [2.05, 4.69) is 9.72 Å². The van der Waals surface area contributed by atoms with Gasteiger partial charge in [0.15, 0.2) is 4.34 Å². The molecule has 0 unspecified atom stereocenters. The van der Waals surface area contributed by atoms with Gasteiger partial charge in [0.1, 0.15) is 5.75 Å². The number of benzene rings is 2. The summed E-state index contributed by atoms with van der Waals surface area (Å²) in [7, 11) is 0. The van der Waals surface area contributed by atoms with Crippen LogP contribution in [-0.4, -0.2) is 11.3 Å². The predicted octanol–water partition coefficient (Wildman–Crippen LogP) is 5.07. The first-order chi connectivity index (χ1) is 10.9. The van der Waals surface area contributed by atoms with Crippen molar-refractivity contribution in [1.82, 2.24) is 4.98 Å². The van der Waals surface area contributed by atoms with Gasteiger partial charge in [0.2, 0.25) is 0 Å². The lowest BCUT2D eigenvalue weighted by molar-refractivity contribution is -0.274. The molecule has 0 saturated heterocycles. The highest BCUT2D eigenvalue weighted by molar-refractivity contribution is 8.00. The number of halogens is 3. The monoisotopic (exact) mass is 356 g/mol. The van der Waals surface area contributed by atoms with Crippen LogP contribution in [0.3, 0.4) is 0 Å². The SMILES string of the molecule is Nc1ccc2nc(SCc3ccc(OC(F)(F)F)cc3)sc2c1. The Morgan fingerprint density at radius 2 is 1.87 bits per heavy atom. The fraction of sp³-hybridized carbons (Fsp3) is 0.133. The van der Waals surface area contributed by atoms with Gasteiger partial charge in [-0.2, -0.15) is 0 Å². The zero-order valence-electron chi connectivity index (χ0n) is 11.6. The van der Waals surface area contributed by atoms with Gasteiger partial charge in [-0.1, -0.05) is 23.9 Å². The van der Waals surface area contributed by atoms with E-state index in [-0.39, 0.29) is 5.75 Å². The summed E-state index contributed by atoms with van der Waals surface area (Å²) < 4.78 is 42.0. The molecule has 0 amide bonds. The van der Waals surface area contributed by atoms with Crippen molar-refractivity contribution in [1.29, 1.82) is 0 Å². The van der Waals surface area contributed by atoms with Gasteiger partial charge in [-0.05, 0) is 35.9 Å². The Hall–Kier alpha value is -1.93. The Morgan fingerprint density at radius 1 is 1.13 bits per heavy atom. The average Bonchev–Trinajstić information content (AvgIpc) is 2.87. The van der Waals surface area contributed by atoms with Gasteiger partial charge in [-0.15, -0.1) is 24.5 Å². The molecule has 3 nitrogen and oxygen atoms in total. The number of hydrogen-bond acceptors (Lipinski definition) is 5. The summed E-state index contributed by atoms with van der Waals surface area (Å²) >= 11 is 3.07. The minimum Gasteiger partial charge on any atom is -0.406 e.